The zero-order valence-corrected chi connectivity index (χ0v) is 11.1. The molecule has 1 aromatic rings. The molecule has 1 N–H and O–H groups in total. The number of nitrogens with zero attached hydrogens (tertiary/aromatic N) is 2. The average molecular weight is 236 g/mol. The molecule has 0 saturated carbocycles. The average Bonchev–Trinajstić information content (AvgIpc) is 2.14. The number of hydrogen-bond acceptors (Lipinski definition) is 3. The van der Waals surface area contributed by atoms with E-state index >= 15 is 0 Å². The molecule has 1 rings (SSSR count). The molecule has 94 valence electrons. The Kier molecular flexibility index (Phi) is 3.76. The van der Waals surface area contributed by atoms with Gasteiger partial charge in [-0.2, -0.15) is 0 Å². The lowest BCUT2D eigenvalue weighted by Crippen LogP contribution is -2.31. The van der Waals surface area contributed by atoms with Crippen molar-refractivity contribution in [2.24, 2.45) is 5.41 Å². The third-order valence-corrected chi connectivity index (χ3v) is 2.32. The van der Waals surface area contributed by atoms with Crippen LogP contribution in [0.3, 0.4) is 0 Å². The molecule has 1 heterocycles. The standard InChI is InChI=1S/C13H20N2O2/c1-9-6-7-10(12(16)17)11(14-9)15(5)8-13(2,3)4/h6-7H,8H2,1-5H3,(H,16,17). The SMILES string of the molecule is Cc1ccc(C(=O)O)c(N(C)CC(C)(C)C)n1. The summed E-state index contributed by atoms with van der Waals surface area (Å²) >= 11 is 0. The van der Waals surface area contributed by atoms with Crippen molar-refractivity contribution in [1.82, 2.24) is 4.98 Å². The lowest BCUT2D eigenvalue weighted by Gasteiger charge is -2.28. The van der Waals surface area contributed by atoms with Gasteiger partial charge in [0.05, 0.1) is 0 Å². The topological polar surface area (TPSA) is 53.4 Å². The first kappa shape index (κ1) is 13.5. The highest BCUT2D eigenvalue weighted by Gasteiger charge is 2.19. The highest BCUT2D eigenvalue weighted by molar-refractivity contribution is 5.93. The molecular formula is C13H20N2O2. The van der Waals surface area contributed by atoms with Gasteiger partial charge >= 0.3 is 5.97 Å². The lowest BCUT2D eigenvalue weighted by molar-refractivity contribution is 0.0697. The molecule has 0 fully saturated rings. The smallest absolute Gasteiger partial charge is 0.339 e. The van der Waals surface area contributed by atoms with Crippen LogP contribution < -0.4 is 4.90 Å². The van der Waals surface area contributed by atoms with Crippen LogP contribution in [-0.4, -0.2) is 29.7 Å². The van der Waals surface area contributed by atoms with Crippen molar-refractivity contribution in [3.8, 4) is 0 Å². The molecule has 0 radical (unpaired) electrons. The first-order chi connectivity index (χ1) is 7.70. The number of pyridine rings is 1. The summed E-state index contributed by atoms with van der Waals surface area (Å²) in [6.07, 6.45) is 0. The normalized spacial score (nSPS) is 11.4. The van der Waals surface area contributed by atoms with Gasteiger partial charge in [-0.3, -0.25) is 0 Å². The minimum atomic E-state index is -0.937. The number of aryl methyl sites for hydroxylation is 1. The molecule has 0 aliphatic rings. The largest absolute Gasteiger partial charge is 0.478 e. The maximum Gasteiger partial charge on any atom is 0.339 e. The van der Waals surface area contributed by atoms with Gasteiger partial charge in [0.1, 0.15) is 11.4 Å². The Morgan fingerprint density at radius 2 is 2.00 bits per heavy atom. The van der Waals surface area contributed by atoms with Crippen molar-refractivity contribution in [1.29, 1.82) is 0 Å². The monoisotopic (exact) mass is 236 g/mol. The highest BCUT2D eigenvalue weighted by atomic mass is 16.4. The Hall–Kier alpha value is -1.58. The van der Waals surface area contributed by atoms with E-state index in [2.05, 4.69) is 25.8 Å². The molecule has 0 bridgehead atoms. The van der Waals surface area contributed by atoms with Crippen LogP contribution in [0.15, 0.2) is 12.1 Å². The van der Waals surface area contributed by atoms with Crippen molar-refractivity contribution >= 4 is 11.8 Å². The molecule has 0 aliphatic heterocycles. The van der Waals surface area contributed by atoms with Gasteiger partial charge in [-0.05, 0) is 24.5 Å². The number of hydrogen-bond donors (Lipinski definition) is 1. The zero-order valence-electron chi connectivity index (χ0n) is 11.1. The molecule has 0 spiro atoms. The lowest BCUT2D eigenvalue weighted by atomic mass is 9.96. The molecule has 4 nitrogen and oxygen atoms in total. The van der Waals surface area contributed by atoms with E-state index in [1.807, 2.05) is 18.9 Å². The quantitative estimate of drug-likeness (QED) is 0.876. The number of rotatable bonds is 3. The fourth-order valence-corrected chi connectivity index (χ4v) is 1.79. The third-order valence-electron chi connectivity index (χ3n) is 2.32. The Balaban J connectivity index is 3.10. The highest BCUT2D eigenvalue weighted by Crippen LogP contribution is 2.22. The van der Waals surface area contributed by atoms with Crippen LogP contribution in [0.5, 0.6) is 0 Å². The zero-order chi connectivity index (χ0) is 13.2. The van der Waals surface area contributed by atoms with E-state index < -0.39 is 5.97 Å². The van der Waals surface area contributed by atoms with Crippen LogP contribution in [0.25, 0.3) is 0 Å². The van der Waals surface area contributed by atoms with Gasteiger partial charge in [-0.1, -0.05) is 20.8 Å². The molecule has 17 heavy (non-hydrogen) atoms. The fourth-order valence-electron chi connectivity index (χ4n) is 1.79. The summed E-state index contributed by atoms with van der Waals surface area (Å²) in [5.41, 5.74) is 1.17. The van der Waals surface area contributed by atoms with Gasteiger partial charge in [0, 0.05) is 19.3 Å². The van der Waals surface area contributed by atoms with Gasteiger partial charge in [-0.25, -0.2) is 9.78 Å². The number of aromatic nitrogens is 1. The van der Waals surface area contributed by atoms with Gasteiger partial charge in [0.2, 0.25) is 0 Å². The Morgan fingerprint density at radius 1 is 1.41 bits per heavy atom. The number of aromatic carboxylic acids is 1. The molecule has 0 saturated heterocycles. The van der Waals surface area contributed by atoms with E-state index in [0.717, 1.165) is 12.2 Å². The van der Waals surface area contributed by atoms with Crippen molar-refractivity contribution in [3.05, 3.63) is 23.4 Å². The molecule has 0 aliphatic carbocycles. The predicted octanol–water partition coefficient (Wildman–Crippen LogP) is 2.57. The molecule has 4 heteroatoms. The van der Waals surface area contributed by atoms with Gasteiger partial charge in [-0.15, -0.1) is 0 Å². The first-order valence-corrected chi connectivity index (χ1v) is 5.63. The summed E-state index contributed by atoms with van der Waals surface area (Å²) < 4.78 is 0. The molecule has 0 atom stereocenters. The van der Waals surface area contributed by atoms with E-state index in [9.17, 15) is 4.79 Å². The summed E-state index contributed by atoms with van der Waals surface area (Å²) in [4.78, 5) is 17.4. The van der Waals surface area contributed by atoms with Crippen LogP contribution in [0.1, 0.15) is 36.8 Å². The molecular weight excluding hydrogens is 216 g/mol. The number of carbonyl (C=O) groups is 1. The third kappa shape index (κ3) is 3.73. The van der Waals surface area contributed by atoms with Gasteiger partial charge < -0.3 is 10.0 Å². The summed E-state index contributed by atoms with van der Waals surface area (Å²) in [5, 5.41) is 9.14. The number of carboxylic acids is 1. The van der Waals surface area contributed by atoms with Crippen LogP contribution >= 0.6 is 0 Å². The molecule has 0 unspecified atom stereocenters. The Morgan fingerprint density at radius 3 is 2.47 bits per heavy atom. The van der Waals surface area contributed by atoms with Gasteiger partial charge in [0.25, 0.3) is 0 Å². The fraction of sp³-hybridized carbons (Fsp3) is 0.538. The second-order valence-corrected chi connectivity index (χ2v) is 5.55. The molecule has 1 aromatic heterocycles. The summed E-state index contributed by atoms with van der Waals surface area (Å²) in [6.45, 7) is 8.95. The minimum Gasteiger partial charge on any atom is -0.478 e. The van der Waals surface area contributed by atoms with E-state index in [-0.39, 0.29) is 11.0 Å². The first-order valence-electron chi connectivity index (χ1n) is 5.63. The van der Waals surface area contributed by atoms with Crippen molar-refractivity contribution in [3.63, 3.8) is 0 Å². The second kappa shape index (κ2) is 4.73. The van der Waals surface area contributed by atoms with Crippen LogP contribution in [0.2, 0.25) is 0 Å². The van der Waals surface area contributed by atoms with Crippen molar-refractivity contribution in [2.45, 2.75) is 27.7 Å². The molecule has 0 aromatic carbocycles. The van der Waals surface area contributed by atoms with E-state index in [1.165, 1.54) is 0 Å². The van der Waals surface area contributed by atoms with Crippen molar-refractivity contribution < 1.29 is 9.90 Å². The van der Waals surface area contributed by atoms with Crippen LogP contribution in [-0.2, 0) is 0 Å². The predicted molar refractivity (Wildman–Crippen MR) is 68.7 cm³/mol. The maximum absolute atomic E-state index is 11.1. The second-order valence-electron chi connectivity index (χ2n) is 5.55. The van der Waals surface area contributed by atoms with E-state index in [4.69, 9.17) is 5.11 Å². The Labute approximate surface area is 102 Å². The Bertz CT molecular complexity index is 422. The molecule has 0 amide bonds. The van der Waals surface area contributed by atoms with Gasteiger partial charge in [0.15, 0.2) is 0 Å². The van der Waals surface area contributed by atoms with Crippen molar-refractivity contribution in [2.75, 3.05) is 18.5 Å². The van der Waals surface area contributed by atoms with Crippen LogP contribution in [0.4, 0.5) is 5.82 Å². The number of carboxylic acid groups (broad SMARTS) is 1. The summed E-state index contributed by atoms with van der Waals surface area (Å²) in [5.74, 6) is -0.402. The minimum absolute atomic E-state index is 0.0932. The van der Waals surface area contributed by atoms with Crippen LogP contribution in [0, 0.1) is 12.3 Å². The van der Waals surface area contributed by atoms with E-state index in [1.54, 1.807) is 12.1 Å². The number of anilines is 1. The summed E-state index contributed by atoms with van der Waals surface area (Å²) in [7, 11) is 1.87. The maximum atomic E-state index is 11.1. The summed E-state index contributed by atoms with van der Waals surface area (Å²) in [6, 6.07) is 3.33. The van der Waals surface area contributed by atoms with E-state index in [0.29, 0.717) is 5.82 Å².